The lowest BCUT2D eigenvalue weighted by Gasteiger charge is -2.36. The molecule has 0 radical (unpaired) electrons. The number of unbranched alkanes of at least 4 members (excludes halogenated alkanes) is 1. The molecule has 0 aromatic heterocycles. The van der Waals surface area contributed by atoms with Crippen LogP contribution in [0.3, 0.4) is 0 Å². The number of anilines is 1. The van der Waals surface area contributed by atoms with E-state index in [4.69, 9.17) is 0 Å². The van der Waals surface area contributed by atoms with E-state index in [-0.39, 0.29) is 11.7 Å². The zero-order valence-corrected chi connectivity index (χ0v) is 12.6. The van der Waals surface area contributed by atoms with E-state index in [1.54, 1.807) is 12.1 Å². The first kappa shape index (κ1) is 14.5. The average molecular weight is 293 g/mol. The van der Waals surface area contributed by atoms with Gasteiger partial charge in [0.2, 0.25) is 5.91 Å². The molecule has 0 bridgehead atoms. The van der Waals surface area contributed by atoms with E-state index in [1.165, 1.54) is 0 Å². The van der Waals surface area contributed by atoms with Gasteiger partial charge in [-0.15, -0.1) is 0 Å². The fourth-order valence-corrected chi connectivity index (χ4v) is 3.15. The van der Waals surface area contributed by atoms with Gasteiger partial charge in [-0.25, -0.2) is 0 Å². The quantitative estimate of drug-likeness (QED) is 0.868. The third kappa shape index (κ3) is 2.13. The molecule has 0 fully saturated rings. The van der Waals surface area contributed by atoms with E-state index in [1.807, 2.05) is 42.5 Å². The van der Waals surface area contributed by atoms with Crippen LogP contribution in [0.5, 0.6) is 0 Å². The number of para-hydroxylation sites is 1. The molecule has 3 heteroatoms. The molecule has 0 aliphatic carbocycles. The second-order valence-corrected chi connectivity index (χ2v) is 5.70. The predicted octanol–water partition coefficient (Wildman–Crippen LogP) is 3.95. The summed E-state index contributed by atoms with van der Waals surface area (Å²) in [5.41, 5.74) is 0.883. The summed E-state index contributed by atoms with van der Waals surface area (Å²) in [7, 11) is 0. The Labute approximate surface area is 130 Å². The summed E-state index contributed by atoms with van der Waals surface area (Å²) < 4.78 is 0. The number of hydrogen-bond acceptors (Lipinski definition) is 2. The summed E-state index contributed by atoms with van der Waals surface area (Å²) >= 11 is 0. The number of benzene rings is 2. The first-order valence-electron chi connectivity index (χ1n) is 7.71. The van der Waals surface area contributed by atoms with E-state index in [0.717, 1.165) is 18.4 Å². The molecule has 1 heterocycles. The highest BCUT2D eigenvalue weighted by molar-refractivity contribution is 6.27. The molecule has 1 unspecified atom stereocenters. The van der Waals surface area contributed by atoms with Crippen molar-refractivity contribution in [2.75, 3.05) is 5.32 Å². The number of ketones is 1. The lowest BCUT2D eigenvalue weighted by atomic mass is 9.68. The van der Waals surface area contributed by atoms with Crippen molar-refractivity contribution >= 4 is 17.4 Å². The topological polar surface area (TPSA) is 46.2 Å². The van der Waals surface area contributed by atoms with Crippen LogP contribution in [0.15, 0.2) is 54.6 Å². The van der Waals surface area contributed by atoms with Crippen LogP contribution in [0.1, 0.15) is 42.1 Å². The van der Waals surface area contributed by atoms with Gasteiger partial charge in [0, 0.05) is 5.56 Å². The minimum atomic E-state index is -1.11. The van der Waals surface area contributed by atoms with E-state index in [0.29, 0.717) is 17.7 Å². The normalized spacial score (nSPS) is 20.4. The van der Waals surface area contributed by atoms with E-state index in [9.17, 15) is 9.59 Å². The number of fused-ring (bicyclic) bond motifs is 1. The summed E-state index contributed by atoms with van der Waals surface area (Å²) in [5.74, 6) is -0.303. The van der Waals surface area contributed by atoms with Gasteiger partial charge >= 0.3 is 0 Å². The number of carbonyl (C=O) groups is 2. The summed E-state index contributed by atoms with van der Waals surface area (Å²) in [5, 5.41) is 2.93. The number of rotatable bonds is 4. The molecule has 1 N–H and O–H groups in total. The van der Waals surface area contributed by atoms with Crippen LogP contribution in [0, 0.1) is 0 Å². The predicted molar refractivity (Wildman–Crippen MR) is 87.0 cm³/mol. The molecule has 0 saturated carbocycles. The highest BCUT2D eigenvalue weighted by atomic mass is 16.2. The largest absolute Gasteiger partial charge is 0.324 e. The summed E-state index contributed by atoms with van der Waals surface area (Å²) in [6, 6.07) is 16.6. The second-order valence-electron chi connectivity index (χ2n) is 5.70. The smallest absolute Gasteiger partial charge is 0.242 e. The van der Waals surface area contributed by atoms with E-state index >= 15 is 0 Å². The number of nitrogens with one attached hydrogen (secondary N) is 1. The average Bonchev–Trinajstić information content (AvgIpc) is 2.56. The Kier molecular flexibility index (Phi) is 3.80. The van der Waals surface area contributed by atoms with Crippen molar-refractivity contribution in [3.8, 4) is 0 Å². The molecule has 1 amide bonds. The van der Waals surface area contributed by atoms with Crippen LogP contribution < -0.4 is 5.32 Å². The Balaban J connectivity index is 2.17. The molecular weight excluding hydrogens is 274 g/mol. The molecule has 1 aliphatic rings. The summed E-state index contributed by atoms with van der Waals surface area (Å²) in [6.45, 7) is 2.07. The molecule has 2 aromatic carbocycles. The summed E-state index contributed by atoms with van der Waals surface area (Å²) in [6.07, 6.45) is 2.31. The Hall–Kier alpha value is -2.42. The molecule has 22 heavy (non-hydrogen) atoms. The fraction of sp³-hybridized carbons (Fsp3) is 0.263. The monoisotopic (exact) mass is 293 g/mol. The number of Topliss-reactive ketones (excluding diaryl/α,β-unsaturated/α-hetero) is 1. The van der Waals surface area contributed by atoms with Gasteiger partial charge in [0.15, 0.2) is 5.78 Å². The number of carbonyl (C=O) groups excluding carboxylic acids is 2. The van der Waals surface area contributed by atoms with Gasteiger partial charge in [-0.3, -0.25) is 9.59 Å². The maximum Gasteiger partial charge on any atom is 0.242 e. The molecular formula is C19H19NO2. The van der Waals surface area contributed by atoms with Crippen LogP contribution in [-0.2, 0) is 10.2 Å². The van der Waals surface area contributed by atoms with Crippen molar-refractivity contribution in [1.82, 2.24) is 0 Å². The molecule has 0 spiro atoms. The Morgan fingerprint density at radius 2 is 1.64 bits per heavy atom. The zero-order chi connectivity index (χ0) is 15.6. The zero-order valence-electron chi connectivity index (χ0n) is 12.6. The highest BCUT2D eigenvalue weighted by Gasteiger charge is 2.50. The molecule has 2 aromatic rings. The molecule has 3 rings (SSSR count). The fourth-order valence-electron chi connectivity index (χ4n) is 3.15. The third-order valence-electron chi connectivity index (χ3n) is 4.37. The Morgan fingerprint density at radius 1 is 0.955 bits per heavy atom. The van der Waals surface area contributed by atoms with Crippen LogP contribution in [-0.4, -0.2) is 11.7 Å². The van der Waals surface area contributed by atoms with Gasteiger partial charge in [0.1, 0.15) is 5.41 Å². The minimum Gasteiger partial charge on any atom is -0.324 e. The van der Waals surface area contributed by atoms with Crippen molar-refractivity contribution in [1.29, 1.82) is 0 Å². The standard InChI is InChI=1S/C19H19NO2/c1-2-3-13-19(14-9-5-4-6-10-14)17(21)15-11-7-8-12-16(15)20-18(19)22/h4-12H,2-3,13H2,1H3,(H,20,22). The van der Waals surface area contributed by atoms with Crippen molar-refractivity contribution in [2.45, 2.75) is 31.6 Å². The summed E-state index contributed by atoms with van der Waals surface area (Å²) in [4.78, 5) is 26.1. The second kappa shape index (κ2) is 5.76. The minimum absolute atomic E-state index is 0.0912. The van der Waals surface area contributed by atoms with Gasteiger partial charge in [0.05, 0.1) is 5.69 Å². The maximum absolute atomic E-state index is 13.2. The molecule has 0 saturated heterocycles. The van der Waals surface area contributed by atoms with E-state index in [2.05, 4.69) is 12.2 Å². The first-order chi connectivity index (χ1) is 10.7. The van der Waals surface area contributed by atoms with Crippen LogP contribution >= 0.6 is 0 Å². The first-order valence-corrected chi connectivity index (χ1v) is 7.71. The maximum atomic E-state index is 13.2. The lowest BCUT2D eigenvalue weighted by molar-refractivity contribution is -0.120. The van der Waals surface area contributed by atoms with Gasteiger partial charge in [0.25, 0.3) is 0 Å². The van der Waals surface area contributed by atoms with Crippen molar-refractivity contribution in [3.63, 3.8) is 0 Å². The van der Waals surface area contributed by atoms with E-state index < -0.39 is 5.41 Å². The van der Waals surface area contributed by atoms with Crippen molar-refractivity contribution < 1.29 is 9.59 Å². The molecule has 112 valence electrons. The number of amides is 1. The van der Waals surface area contributed by atoms with Crippen LogP contribution in [0.25, 0.3) is 0 Å². The van der Waals surface area contributed by atoms with Crippen molar-refractivity contribution in [2.24, 2.45) is 0 Å². The lowest BCUT2D eigenvalue weighted by Crippen LogP contribution is -2.50. The molecule has 1 atom stereocenters. The van der Waals surface area contributed by atoms with Gasteiger partial charge in [-0.1, -0.05) is 62.2 Å². The Bertz CT molecular complexity index is 708. The molecule has 3 nitrogen and oxygen atoms in total. The SMILES string of the molecule is CCCCC1(c2ccccc2)C(=O)Nc2ccccc2C1=O. The van der Waals surface area contributed by atoms with Crippen molar-refractivity contribution in [3.05, 3.63) is 65.7 Å². The van der Waals surface area contributed by atoms with Gasteiger partial charge in [-0.05, 0) is 24.1 Å². The third-order valence-corrected chi connectivity index (χ3v) is 4.37. The highest BCUT2D eigenvalue weighted by Crippen LogP contribution is 2.40. The Morgan fingerprint density at radius 3 is 2.36 bits per heavy atom. The van der Waals surface area contributed by atoms with Gasteiger partial charge in [-0.2, -0.15) is 0 Å². The molecule has 1 aliphatic heterocycles. The number of hydrogen-bond donors (Lipinski definition) is 1. The van der Waals surface area contributed by atoms with Gasteiger partial charge < -0.3 is 5.32 Å². The van der Waals surface area contributed by atoms with Crippen LogP contribution in [0.2, 0.25) is 0 Å². The van der Waals surface area contributed by atoms with Crippen LogP contribution in [0.4, 0.5) is 5.69 Å².